The molecule has 0 aliphatic rings. The summed E-state index contributed by atoms with van der Waals surface area (Å²) in [6.45, 7) is 5.39. The van der Waals surface area contributed by atoms with E-state index in [2.05, 4.69) is 9.71 Å². The molecule has 0 aliphatic heterocycles. The summed E-state index contributed by atoms with van der Waals surface area (Å²) in [7, 11) is -3.99. The molecule has 124 valence electrons. The largest absolute Gasteiger partial charge is 0.480 e. The Bertz CT molecular complexity index is 833. The van der Waals surface area contributed by atoms with Crippen molar-refractivity contribution in [2.45, 2.75) is 38.1 Å². The lowest BCUT2D eigenvalue weighted by atomic mass is 10.0. The van der Waals surface area contributed by atoms with Crippen LogP contribution in [0.25, 0.3) is 10.9 Å². The zero-order chi connectivity index (χ0) is 17.2. The number of aromatic nitrogens is 1. The highest BCUT2D eigenvalue weighted by molar-refractivity contribution is 7.89. The summed E-state index contributed by atoms with van der Waals surface area (Å²) in [4.78, 5) is 15.6. The standard InChI is InChI=1S/C16H20N2O4S/c1-4-11(3)14(16(19)20)18-23(21,22)13-7-5-6-12-8-10(2)9-17-15(12)13/h5-9,11,14,18H,4H2,1-3H3,(H,19,20)/t11-,14-/m0/s1. The second-order valence-electron chi connectivity index (χ2n) is 5.66. The number of hydrogen-bond donors (Lipinski definition) is 2. The zero-order valence-corrected chi connectivity index (χ0v) is 14.1. The van der Waals surface area contributed by atoms with E-state index < -0.39 is 22.0 Å². The van der Waals surface area contributed by atoms with E-state index in [1.807, 2.05) is 19.9 Å². The van der Waals surface area contributed by atoms with Gasteiger partial charge < -0.3 is 5.11 Å². The summed E-state index contributed by atoms with van der Waals surface area (Å²) in [5.74, 6) is -1.51. The van der Waals surface area contributed by atoms with Crippen molar-refractivity contribution in [1.29, 1.82) is 0 Å². The Hall–Kier alpha value is -1.99. The van der Waals surface area contributed by atoms with E-state index >= 15 is 0 Å². The predicted molar refractivity (Wildman–Crippen MR) is 87.7 cm³/mol. The average molecular weight is 336 g/mol. The molecule has 2 rings (SSSR count). The number of nitrogens with zero attached hydrogens (tertiary/aromatic N) is 1. The van der Waals surface area contributed by atoms with Crippen molar-refractivity contribution in [3.63, 3.8) is 0 Å². The normalized spacial score (nSPS) is 14.6. The maximum Gasteiger partial charge on any atom is 0.322 e. The number of rotatable bonds is 6. The molecule has 23 heavy (non-hydrogen) atoms. The van der Waals surface area contributed by atoms with E-state index in [0.717, 1.165) is 5.56 Å². The van der Waals surface area contributed by atoms with Crippen LogP contribution in [-0.2, 0) is 14.8 Å². The number of para-hydroxylation sites is 1. The van der Waals surface area contributed by atoms with E-state index in [-0.39, 0.29) is 10.8 Å². The maximum absolute atomic E-state index is 12.7. The Balaban J connectivity index is 2.49. The first-order chi connectivity index (χ1) is 10.8. The summed E-state index contributed by atoms with van der Waals surface area (Å²) in [6.07, 6.45) is 2.14. The molecule has 2 aromatic rings. The van der Waals surface area contributed by atoms with Gasteiger partial charge in [0.15, 0.2) is 0 Å². The first-order valence-corrected chi connectivity index (χ1v) is 8.85. The van der Waals surface area contributed by atoms with Crippen molar-refractivity contribution in [1.82, 2.24) is 9.71 Å². The summed E-state index contributed by atoms with van der Waals surface area (Å²) >= 11 is 0. The average Bonchev–Trinajstić information content (AvgIpc) is 2.50. The molecule has 0 radical (unpaired) electrons. The molecule has 6 nitrogen and oxygen atoms in total. The van der Waals surface area contributed by atoms with Crippen LogP contribution in [-0.4, -0.2) is 30.5 Å². The summed E-state index contributed by atoms with van der Waals surface area (Å²) < 4.78 is 27.6. The van der Waals surface area contributed by atoms with Gasteiger partial charge in [0.05, 0.1) is 5.52 Å². The third kappa shape index (κ3) is 3.68. The Kier molecular flexibility index (Phi) is 5.01. The van der Waals surface area contributed by atoms with E-state index in [4.69, 9.17) is 0 Å². The number of carboxylic acids is 1. The number of nitrogens with one attached hydrogen (secondary N) is 1. The van der Waals surface area contributed by atoms with E-state index in [1.54, 1.807) is 25.3 Å². The van der Waals surface area contributed by atoms with Gasteiger partial charge in [-0.1, -0.05) is 32.4 Å². The molecule has 0 fully saturated rings. The van der Waals surface area contributed by atoms with Crippen LogP contribution in [0, 0.1) is 12.8 Å². The van der Waals surface area contributed by atoms with Gasteiger partial charge in [-0.2, -0.15) is 4.72 Å². The van der Waals surface area contributed by atoms with E-state index in [0.29, 0.717) is 17.3 Å². The number of aryl methyl sites for hydroxylation is 1. The highest BCUT2D eigenvalue weighted by Gasteiger charge is 2.30. The predicted octanol–water partition coefficient (Wildman–Crippen LogP) is 2.32. The van der Waals surface area contributed by atoms with Crippen molar-refractivity contribution in [2.75, 3.05) is 0 Å². The van der Waals surface area contributed by atoms with Gasteiger partial charge in [0.25, 0.3) is 0 Å². The van der Waals surface area contributed by atoms with Crippen LogP contribution >= 0.6 is 0 Å². The lowest BCUT2D eigenvalue weighted by Crippen LogP contribution is -2.44. The minimum absolute atomic E-state index is 0.00967. The van der Waals surface area contributed by atoms with Crippen LogP contribution in [0.5, 0.6) is 0 Å². The minimum atomic E-state index is -3.99. The molecular formula is C16H20N2O4S. The molecule has 0 bridgehead atoms. The topological polar surface area (TPSA) is 96.4 Å². The molecule has 0 saturated carbocycles. The molecule has 0 spiro atoms. The van der Waals surface area contributed by atoms with Crippen LogP contribution < -0.4 is 4.72 Å². The molecule has 0 saturated heterocycles. The SMILES string of the molecule is CC[C@H](C)[C@H](NS(=O)(=O)c1cccc2cc(C)cnc12)C(=O)O. The Morgan fingerprint density at radius 2 is 2.09 bits per heavy atom. The fourth-order valence-electron chi connectivity index (χ4n) is 2.34. The molecule has 0 unspecified atom stereocenters. The van der Waals surface area contributed by atoms with Crippen molar-refractivity contribution in [2.24, 2.45) is 5.92 Å². The molecule has 0 aliphatic carbocycles. The summed E-state index contributed by atoms with van der Waals surface area (Å²) in [5.41, 5.74) is 1.25. The highest BCUT2D eigenvalue weighted by Crippen LogP contribution is 2.22. The van der Waals surface area contributed by atoms with Crippen molar-refractivity contribution >= 4 is 26.9 Å². The summed E-state index contributed by atoms with van der Waals surface area (Å²) in [5, 5.41) is 9.99. The third-order valence-electron chi connectivity index (χ3n) is 3.86. The van der Waals surface area contributed by atoms with Crippen molar-refractivity contribution in [3.8, 4) is 0 Å². The lowest BCUT2D eigenvalue weighted by molar-refractivity contribution is -0.140. The van der Waals surface area contributed by atoms with Crippen LogP contribution in [0.2, 0.25) is 0 Å². The van der Waals surface area contributed by atoms with Crippen LogP contribution in [0.1, 0.15) is 25.8 Å². The second kappa shape index (κ2) is 6.64. The highest BCUT2D eigenvalue weighted by atomic mass is 32.2. The molecule has 2 N–H and O–H groups in total. The quantitative estimate of drug-likeness (QED) is 0.844. The number of pyridine rings is 1. The molecule has 7 heteroatoms. The molecule has 1 heterocycles. The van der Waals surface area contributed by atoms with Gasteiger partial charge in [0.2, 0.25) is 10.0 Å². The first kappa shape index (κ1) is 17.4. The van der Waals surface area contributed by atoms with Crippen molar-refractivity contribution in [3.05, 3.63) is 36.0 Å². The Labute approximate surface area is 135 Å². The Morgan fingerprint density at radius 3 is 2.70 bits per heavy atom. The smallest absolute Gasteiger partial charge is 0.322 e. The van der Waals surface area contributed by atoms with Crippen LogP contribution in [0.15, 0.2) is 35.4 Å². The maximum atomic E-state index is 12.7. The molecule has 1 aromatic heterocycles. The fourth-order valence-corrected chi connectivity index (χ4v) is 3.81. The van der Waals surface area contributed by atoms with Gasteiger partial charge in [-0.15, -0.1) is 0 Å². The number of sulfonamides is 1. The third-order valence-corrected chi connectivity index (χ3v) is 5.33. The molecule has 0 amide bonds. The fraction of sp³-hybridized carbons (Fsp3) is 0.375. The minimum Gasteiger partial charge on any atom is -0.480 e. The Morgan fingerprint density at radius 1 is 1.39 bits per heavy atom. The molecule has 1 aromatic carbocycles. The number of hydrogen-bond acceptors (Lipinski definition) is 4. The lowest BCUT2D eigenvalue weighted by Gasteiger charge is -2.20. The van der Waals surface area contributed by atoms with Gasteiger partial charge in [-0.25, -0.2) is 8.42 Å². The van der Waals surface area contributed by atoms with E-state index in [1.165, 1.54) is 6.07 Å². The van der Waals surface area contributed by atoms with Gasteiger partial charge in [-0.3, -0.25) is 9.78 Å². The van der Waals surface area contributed by atoms with Crippen LogP contribution in [0.4, 0.5) is 0 Å². The summed E-state index contributed by atoms with van der Waals surface area (Å²) in [6, 6.07) is 5.49. The first-order valence-electron chi connectivity index (χ1n) is 7.36. The number of carboxylic acid groups (broad SMARTS) is 1. The van der Waals surface area contributed by atoms with Crippen molar-refractivity contribution < 1.29 is 18.3 Å². The van der Waals surface area contributed by atoms with Gasteiger partial charge in [0.1, 0.15) is 10.9 Å². The number of carbonyl (C=O) groups is 1. The zero-order valence-electron chi connectivity index (χ0n) is 13.3. The van der Waals surface area contributed by atoms with E-state index in [9.17, 15) is 18.3 Å². The second-order valence-corrected chi connectivity index (χ2v) is 7.35. The van der Waals surface area contributed by atoms with Gasteiger partial charge in [0, 0.05) is 11.6 Å². The monoisotopic (exact) mass is 336 g/mol. The van der Waals surface area contributed by atoms with Gasteiger partial charge >= 0.3 is 5.97 Å². The van der Waals surface area contributed by atoms with Gasteiger partial charge in [-0.05, 0) is 30.5 Å². The number of benzene rings is 1. The molecular weight excluding hydrogens is 316 g/mol. The molecule has 2 atom stereocenters. The number of aliphatic carboxylic acids is 1. The van der Waals surface area contributed by atoms with Crippen LogP contribution in [0.3, 0.4) is 0 Å². The number of fused-ring (bicyclic) bond motifs is 1.